The first-order valence-corrected chi connectivity index (χ1v) is 16.2. The number of nitrogens with zero attached hydrogens (tertiary/aromatic N) is 2. The molecule has 2 aromatic carbocycles. The zero-order valence-electron chi connectivity index (χ0n) is 22.8. The van der Waals surface area contributed by atoms with Crippen LogP contribution in [0.5, 0.6) is 0 Å². The summed E-state index contributed by atoms with van der Waals surface area (Å²) in [4.78, 5) is 22.0. The molecule has 2 fully saturated rings. The Morgan fingerprint density at radius 3 is 2.70 bits per heavy atom. The van der Waals surface area contributed by atoms with Crippen molar-refractivity contribution < 1.29 is 9.53 Å². The predicted molar refractivity (Wildman–Crippen MR) is 156 cm³/mol. The number of piperidine rings is 1. The van der Waals surface area contributed by atoms with Gasteiger partial charge in [0.1, 0.15) is 6.10 Å². The molecule has 1 saturated heterocycles. The van der Waals surface area contributed by atoms with Crippen molar-refractivity contribution in [1.82, 2.24) is 4.90 Å². The van der Waals surface area contributed by atoms with Crippen LogP contribution >= 0.6 is 23.5 Å². The fraction of sp³-hybridized carbons (Fsp3) is 0.581. The van der Waals surface area contributed by atoms with Gasteiger partial charge in [0.15, 0.2) is 0 Å². The van der Waals surface area contributed by atoms with Crippen LogP contribution in [-0.2, 0) is 4.74 Å². The molecule has 2 aromatic rings. The predicted octanol–water partition coefficient (Wildman–Crippen LogP) is 8.85. The number of carbonyl (C=O) groups is 1. The number of fused-ring (bicyclic) bond motifs is 2. The van der Waals surface area contributed by atoms with Gasteiger partial charge in [-0.15, -0.1) is 11.8 Å². The topological polar surface area (TPSA) is 32.8 Å². The Morgan fingerprint density at radius 1 is 1.08 bits per heavy atom. The van der Waals surface area contributed by atoms with E-state index < -0.39 is 0 Å². The Hall–Kier alpha value is -1.79. The Balaban J connectivity index is 1.32. The normalized spacial score (nSPS) is 25.5. The summed E-state index contributed by atoms with van der Waals surface area (Å²) in [5, 5.41) is 0. The van der Waals surface area contributed by atoms with Crippen molar-refractivity contribution in [3.63, 3.8) is 0 Å². The van der Waals surface area contributed by atoms with Crippen LogP contribution in [-0.4, -0.2) is 42.5 Å². The Bertz CT molecular complexity index is 1090. The van der Waals surface area contributed by atoms with Crippen molar-refractivity contribution in [3.8, 4) is 0 Å². The number of thioether (sulfide) groups is 1. The van der Waals surface area contributed by atoms with Crippen LogP contribution in [0.25, 0.3) is 0 Å². The molecule has 2 aliphatic heterocycles. The van der Waals surface area contributed by atoms with Gasteiger partial charge in [-0.3, -0.25) is 0 Å². The van der Waals surface area contributed by atoms with Gasteiger partial charge in [-0.05, 0) is 92.9 Å². The molecule has 2 unspecified atom stereocenters. The fourth-order valence-corrected chi connectivity index (χ4v) is 7.95. The minimum atomic E-state index is -0.0749. The van der Waals surface area contributed by atoms with E-state index in [0.717, 1.165) is 38.8 Å². The number of rotatable bonds is 6. The number of likely N-dealkylation sites (tertiary alicyclic amines) is 1. The first-order valence-electron chi connectivity index (χ1n) is 14.1. The summed E-state index contributed by atoms with van der Waals surface area (Å²) in [5.74, 6) is 1.66. The molecule has 37 heavy (non-hydrogen) atoms. The van der Waals surface area contributed by atoms with Crippen molar-refractivity contribution >= 4 is 41.0 Å². The van der Waals surface area contributed by atoms with Crippen molar-refractivity contribution in [1.29, 1.82) is 0 Å². The average Bonchev–Trinajstić information content (AvgIpc) is 2.90. The summed E-state index contributed by atoms with van der Waals surface area (Å²) < 4.78 is 6.31. The molecule has 4 nitrogen and oxygen atoms in total. The lowest BCUT2D eigenvalue weighted by Crippen LogP contribution is -2.48. The fourth-order valence-electron chi connectivity index (χ4n) is 6.44. The maximum absolute atomic E-state index is 13.6. The van der Waals surface area contributed by atoms with Gasteiger partial charge in [0, 0.05) is 33.8 Å². The first kappa shape index (κ1) is 26.8. The lowest BCUT2D eigenvalue weighted by atomic mass is 9.75. The van der Waals surface area contributed by atoms with Gasteiger partial charge in [0.2, 0.25) is 0 Å². The SMILES string of the molecule is CSc1ccc2c(c1)N(CCC1CCCCN1C(=O)O[C@@H]1C[C@H](C)CCC1C(C)C)c1ccccc1S2. The highest BCUT2D eigenvalue weighted by molar-refractivity contribution is 8.00. The first-order chi connectivity index (χ1) is 17.9. The van der Waals surface area contributed by atoms with E-state index in [1.165, 1.54) is 45.3 Å². The summed E-state index contributed by atoms with van der Waals surface area (Å²) in [6.07, 6.45) is 9.81. The third-order valence-corrected chi connectivity index (χ3v) is 10.4. The highest BCUT2D eigenvalue weighted by Gasteiger charge is 2.36. The van der Waals surface area contributed by atoms with E-state index >= 15 is 0 Å². The van der Waals surface area contributed by atoms with Crippen LogP contribution in [0.1, 0.15) is 65.7 Å². The molecule has 2 heterocycles. The van der Waals surface area contributed by atoms with E-state index in [1.807, 2.05) is 11.8 Å². The van der Waals surface area contributed by atoms with Crippen LogP contribution in [0, 0.1) is 17.8 Å². The van der Waals surface area contributed by atoms with Gasteiger partial charge < -0.3 is 14.5 Å². The standard InChI is InChI=1S/C31H42N2O2S2/c1-21(2)25-14-12-22(3)19-28(25)35-31(34)32-17-8-7-9-23(32)16-18-33-26-10-5-6-11-29(26)37-30-15-13-24(36-4)20-27(30)33/h5-6,10-11,13,15,20-23,25,28H,7-9,12,14,16-19H2,1-4H3/t22-,23?,25?,28-/m1/s1. The number of hydrogen-bond acceptors (Lipinski definition) is 5. The van der Waals surface area contributed by atoms with Crippen LogP contribution in [0.2, 0.25) is 0 Å². The summed E-state index contributed by atoms with van der Waals surface area (Å²) >= 11 is 3.65. The largest absolute Gasteiger partial charge is 0.446 e. The molecule has 0 radical (unpaired) electrons. The van der Waals surface area contributed by atoms with Crippen molar-refractivity contribution in [2.45, 2.75) is 92.5 Å². The second kappa shape index (κ2) is 11.9. The zero-order valence-corrected chi connectivity index (χ0v) is 24.5. The van der Waals surface area contributed by atoms with Crippen LogP contribution < -0.4 is 4.90 Å². The quantitative estimate of drug-likeness (QED) is 0.343. The monoisotopic (exact) mass is 538 g/mol. The minimum absolute atomic E-state index is 0.0571. The molecule has 200 valence electrons. The molecule has 4 atom stereocenters. The molecule has 1 saturated carbocycles. The number of carbonyl (C=O) groups excluding carboxylic acids is 1. The molecule has 0 N–H and O–H groups in total. The molecule has 6 heteroatoms. The van der Waals surface area contributed by atoms with E-state index in [9.17, 15) is 4.79 Å². The second-order valence-corrected chi connectivity index (χ2v) is 13.4. The molecule has 0 bridgehead atoms. The van der Waals surface area contributed by atoms with E-state index in [4.69, 9.17) is 4.74 Å². The van der Waals surface area contributed by atoms with Crippen LogP contribution in [0.15, 0.2) is 57.2 Å². The van der Waals surface area contributed by atoms with Gasteiger partial charge in [-0.2, -0.15) is 0 Å². The van der Waals surface area contributed by atoms with Gasteiger partial charge >= 0.3 is 6.09 Å². The Kier molecular flexibility index (Phi) is 8.65. The maximum atomic E-state index is 13.6. The van der Waals surface area contributed by atoms with Gasteiger partial charge in [0.25, 0.3) is 0 Å². The highest BCUT2D eigenvalue weighted by atomic mass is 32.2. The summed E-state index contributed by atoms with van der Waals surface area (Å²) in [6.45, 7) is 8.57. The number of para-hydroxylation sites is 1. The van der Waals surface area contributed by atoms with Gasteiger partial charge in [-0.25, -0.2) is 4.79 Å². The third-order valence-electron chi connectivity index (χ3n) is 8.59. The molecule has 0 aromatic heterocycles. The zero-order chi connectivity index (χ0) is 25.9. The Labute approximate surface area is 231 Å². The van der Waals surface area contributed by atoms with Crippen LogP contribution in [0.4, 0.5) is 16.2 Å². The van der Waals surface area contributed by atoms with E-state index in [2.05, 4.69) is 79.3 Å². The van der Waals surface area contributed by atoms with Crippen LogP contribution in [0.3, 0.4) is 0 Å². The van der Waals surface area contributed by atoms with Crippen molar-refractivity contribution in [3.05, 3.63) is 42.5 Å². The second-order valence-electron chi connectivity index (χ2n) is 11.4. The van der Waals surface area contributed by atoms with Gasteiger partial charge in [-0.1, -0.05) is 51.1 Å². The van der Waals surface area contributed by atoms with Gasteiger partial charge in [0.05, 0.1) is 11.4 Å². The summed E-state index contributed by atoms with van der Waals surface area (Å²) in [6, 6.07) is 15.8. The molecule has 1 amide bonds. The minimum Gasteiger partial charge on any atom is -0.446 e. The number of ether oxygens (including phenoxy) is 1. The molecule has 5 rings (SSSR count). The number of benzene rings is 2. The highest BCUT2D eigenvalue weighted by Crippen LogP contribution is 2.49. The molecule has 0 spiro atoms. The van der Waals surface area contributed by atoms with E-state index in [1.54, 1.807) is 11.8 Å². The number of amides is 1. The van der Waals surface area contributed by atoms with Crippen molar-refractivity contribution in [2.75, 3.05) is 24.2 Å². The average molecular weight is 539 g/mol. The molecular formula is C31H42N2O2S2. The smallest absolute Gasteiger partial charge is 0.410 e. The lowest BCUT2D eigenvalue weighted by Gasteiger charge is -2.41. The summed E-state index contributed by atoms with van der Waals surface area (Å²) in [5.41, 5.74) is 2.57. The lowest BCUT2D eigenvalue weighted by molar-refractivity contribution is -0.0194. The number of hydrogen-bond donors (Lipinski definition) is 0. The summed E-state index contributed by atoms with van der Waals surface area (Å²) in [7, 11) is 0. The molecular weight excluding hydrogens is 496 g/mol. The number of anilines is 2. The van der Waals surface area contributed by atoms with Crippen molar-refractivity contribution in [2.24, 2.45) is 17.8 Å². The molecule has 3 aliphatic rings. The Morgan fingerprint density at radius 2 is 1.89 bits per heavy atom. The third kappa shape index (κ3) is 5.95. The van der Waals surface area contributed by atoms with E-state index in [-0.39, 0.29) is 18.2 Å². The molecule has 1 aliphatic carbocycles. The van der Waals surface area contributed by atoms with E-state index in [0.29, 0.717) is 17.8 Å². The maximum Gasteiger partial charge on any atom is 0.410 e.